The molecule has 0 aromatic carbocycles. The van der Waals surface area contributed by atoms with Gasteiger partial charge in [0.1, 0.15) is 0 Å². The lowest BCUT2D eigenvalue weighted by Gasteiger charge is -2.06. The highest BCUT2D eigenvalue weighted by Gasteiger charge is 2.21. The number of ether oxygens (including phenoxy) is 2. The molecule has 3 aromatic rings. The van der Waals surface area contributed by atoms with E-state index in [0.717, 1.165) is 0 Å². The Morgan fingerprint density at radius 3 is 2.75 bits per heavy atom. The molecule has 3 rings (SSSR count). The van der Waals surface area contributed by atoms with E-state index in [9.17, 15) is 9.59 Å². The Morgan fingerprint density at radius 1 is 1.25 bits per heavy atom. The number of carbonyl (C=O) groups is 2. The zero-order valence-electron chi connectivity index (χ0n) is 15.5. The minimum atomic E-state index is -0.577. The maximum atomic E-state index is 12.7. The summed E-state index contributed by atoms with van der Waals surface area (Å²) in [5.74, 6) is -0.120. The number of carbonyl (C=O) groups excluding carboxylic acids is 2. The molecule has 0 aliphatic carbocycles. The number of aryl methyl sites for hydroxylation is 1. The molecular formula is C18H18N4O5S. The maximum Gasteiger partial charge on any atom is 0.375 e. The van der Waals surface area contributed by atoms with Crippen LogP contribution in [0.1, 0.15) is 44.3 Å². The third-order valence-corrected chi connectivity index (χ3v) is 4.64. The lowest BCUT2D eigenvalue weighted by molar-refractivity contribution is 0.0488. The number of hydrogen-bond donors (Lipinski definition) is 1. The van der Waals surface area contributed by atoms with Gasteiger partial charge in [-0.2, -0.15) is 4.37 Å². The SMILES string of the molecule is CCOC(=O)c1cnc(Cc2snc(C)c2C(=O)Nc2ccc(OC)nc2)o1. The first-order chi connectivity index (χ1) is 13.5. The van der Waals surface area contributed by atoms with Crippen LogP contribution in [0.5, 0.6) is 5.88 Å². The second kappa shape index (κ2) is 8.61. The lowest BCUT2D eigenvalue weighted by atomic mass is 10.1. The number of pyridine rings is 1. The summed E-state index contributed by atoms with van der Waals surface area (Å²) >= 11 is 1.18. The average Bonchev–Trinajstić information content (AvgIpc) is 3.30. The molecule has 3 aromatic heterocycles. The van der Waals surface area contributed by atoms with Crippen molar-refractivity contribution in [3.8, 4) is 5.88 Å². The van der Waals surface area contributed by atoms with Crippen LogP contribution in [0.2, 0.25) is 0 Å². The minimum absolute atomic E-state index is 0.0217. The van der Waals surface area contributed by atoms with Crippen molar-refractivity contribution in [1.82, 2.24) is 14.3 Å². The number of oxazole rings is 1. The standard InChI is InChI=1S/C18H18N4O5S/c1-4-26-18(24)12-9-20-15(27-12)7-13-16(10(2)22-28-13)17(23)21-11-5-6-14(25-3)19-8-11/h5-6,8-9H,4,7H2,1-3H3,(H,21,23). The van der Waals surface area contributed by atoms with Gasteiger partial charge in [-0.1, -0.05) is 0 Å². The summed E-state index contributed by atoms with van der Waals surface area (Å²) in [6.45, 7) is 3.70. The Morgan fingerprint density at radius 2 is 2.07 bits per heavy atom. The van der Waals surface area contributed by atoms with Crippen molar-refractivity contribution in [2.75, 3.05) is 19.0 Å². The largest absolute Gasteiger partial charge is 0.481 e. The third kappa shape index (κ3) is 4.34. The Labute approximate surface area is 164 Å². The first kappa shape index (κ1) is 19.5. The number of methoxy groups -OCH3 is 1. The number of esters is 1. The number of amides is 1. The molecule has 0 atom stereocenters. The minimum Gasteiger partial charge on any atom is -0.481 e. The molecule has 1 amide bonds. The van der Waals surface area contributed by atoms with Gasteiger partial charge in [-0.3, -0.25) is 4.79 Å². The summed E-state index contributed by atoms with van der Waals surface area (Å²) in [6, 6.07) is 3.34. The van der Waals surface area contributed by atoms with Gasteiger partial charge in [0.15, 0.2) is 0 Å². The summed E-state index contributed by atoms with van der Waals surface area (Å²) in [7, 11) is 1.52. The van der Waals surface area contributed by atoms with Gasteiger partial charge in [-0.25, -0.2) is 14.8 Å². The van der Waals surface area contributed by atoms with Crippen LogP contribution in [-0.2, 0) is 11.2 Å². The molecule has 0 radical (unpaired) electrons. The van der Waals surface area contributed by atoms with Crippen molar-refractivity contribution < 1.29 is 23.5 Å². The van der Waals surface area contributed by atoms with E-state index in [4.69, 9.17) is 13.9 Å². The third-order valence-electron chi connectivity index (χ3n) is 3.71. The fourth-order valence-electron chi connectivity index (χ4n) is 2.42. The number of anilines is 1. The van der Waals surface area contributed by atoms with E-state index in [1.165, 1.54) is 31.0 Å². The number of nitrogens with zero attached hydrogens (tertiary/aromatic N) is 3. The summed E-state index contributed by atoms with van der Waals surface area (Å²) in [4.78, 5) is 33.2. The van der Waals surface area contributed by atoms with E-state index in [0.29, 0.717) is 33.6 Å². The average molecular weight is 402 g/mol. The Bertz CT molecular complexity index is 980. The second-order valence-corrected chi connectivity index (χ2v) is 6.48. The van der Waals surface area contributed by atoms with E-state index in [-0.39, 0.29) is 24.7 Å². The fraction of sp³-hybridized carbons (Fsp3) is 0.278. The Kier molecular flexibility index (Phi) is 5.99. The molecule has 0 aliphatic rings. The molecule has 0 bridgehead atoms. The highest BCUT2D eigenvalue weighted by molar-refractivity contribution is 7.06. The molecule has 28 heavy (non-hydrogen) atoms. The Balaban J connectivity index is 1.75. The van der Waals surface area contributed by atoms with Crippen molar-refractivity contribution in [3.05, 3.63) is 52.3 Å². The van der Waals surface area contributed by atoms with Gasteiger partial charge in [0.05, 0.1) is 49.5 Å². The Hall–Kier alpha value is -3.27. The molecule has 9 nitrogen and oxygen atoms in total. The molecule has 0 saturated heterocycles. The fourth-order valence-corrected chi connectivity index (χ4v) is 3.28. The van der Waals surface area contributed by atoms with Crippen molar-refractivity contribution in [1.29, 1.82) is 0 Å². The van der Waals surface area contributed by atoms with Gasteiger partial charge < -0.3 is 19.2 Å². The summed E-state index contributed by atoms with van der Waals surface area (Å²) in [6.07, 6.45) is 3.05. The van der Waals surface area contributed by atoms with Crippen LogP contribution in [0.4, 0.5) is 5.69 Å². The molecule has 0 aliphatic heterocycles. The van der Waals surface area contributed by atoms with Crippen molar-refractivity contribution in [2.45, 2.75) is 20.3 Å². The van der Waals surface area contributed by atoms with Crippen LogP contribution in [0.25, 0.3) is 0 Å². The van der Waals surface area contributed by atoms with Gasteiger partial charge in [0, 0.05) is 10.9 Å². The molecular weight excluding hydrogens is 384 g/mol. The van der Waals surface area contributed by atoms with Gasteiger partial charge >= 0.3 is 5.97 Å². The number of aromatic nitrogens is 3. The van der Waals surface area contributed by atoms with Crippen molar-refractivity contribution >= 4 is 29.1 Å². The number of rotatable bonds is 7. The van der Waals surface area contributed by atoms with Crippen LogP contribution < -0.4 is 10.1 Å². The number of nitrogens with one attached hydrogen (secondary N) is 1. The van der Waals surface area contributed by atoms with Gasteiger partial charge in [-0.05, 0) is 31.4 Å². The summed E-state index contributed by atoms with van der Waals surface area (Å²) in [5.41, 5.74) is 1.57. The number of hydrogen-bond acceptors (Lipinski definition) is 9. The summed E-state index contributed by atoms with van der Waals surface area (Å²) < 4.78 is 19.6. The molecule has 1 N–H and O–H groups in total. The maximum absolute atomic E-state index is 12.7. The van der Waals surface area contributed by atoms with Gasteiger partial charge in [-0.15, -0.1) is 0 Å². The van der Waals surface area contributed by atoms with Crippen LogP contribution in [0, 0.1) is 6.92 Å². The molecule has 0 spiro atoms. The first-order valence-electron chi connectivity index (χ1n) is 8.40. The van der Waals surface area contributed by atoms with Gasteiger partial charge in [0.2, 0.25) is 17.5 Å². The van der Waals surface area contributed by atoms with Crippen LogP contribution in [0.15, 0.2) is 28.9 Å². The highest BCUT2D eigenvalue weighted by atomic mass is 32.1. The molecule has 0 fully saturated rings. The zero-order chi connectivity index (χ0) is 20.1. The van der Waals surface area contributed by atoms with E-state index in [2.05, 4.69) is 19.7 Å². The van der Waals surface area contributed by atoms with E-state index >= 15 is 0 Å². The quantitative estimate of drug-likeness (QED) is 0.600. The monoisotopic (exact) mass is 402 g/mol. The highest BCUT2D eigenvalue weighted by Crippen LogP contribution is 2.24. The molecule has 10 heteroatoms. The first-order valence-corrected chi connectivity index (χ1v) is 9.17. The molecule has 146 valence electrons. The lowest BCUT2D eigenvalue weighted by Crippen LogP contribution is -2.14. The van der Waals surface area contributed by atoms with Crippen molar-refractivity contribution in [3.63, 3.8) is 0 Å². The molecule has 0 unspecified atom stereocenters. The van der Waals surface area contributed by atoms with Crippen LogP contribution >= 0.6 is 11.5 Å². The molecule has 0 saturated carbocycles. The normalized spacial score (nSPS) is 10.5. The predicted molar refractivity (Wildman–Crippen MR) is 101 cm³/mol. The van der Waals surface area contributed by atoms with Gasteiger partial charge in [0.25, 0.3) is 5.91 Å². The van der Waals surface area contributed by atoms with E-state index in [1.54, 1.807) is 26.0 Å². The van der Waals surface area contributed by atoms with E-state index in [1.807, 2.05) is 0 Å². The zero-order valence-corrected chi connectivity index (χ0v) is 16.3. The molecule has 3 heterocycles. The van der Waals surface area contributed by atoms with E-state index < -0.39 is 5.97 Å². The predicted octanol–water partition coefficient (Wildman–Crippen LogP) is 2.86. The second-order valence-electron chi connectivity index (χ2n) is 5.63. The smallest absolute Gasteiger partial charge is 0.375 e. The summed E-state index contributed by atoms with van der Waals surface area (Å²) in [5, 5.41) is 2.79. The van der Waals surface area contributed by atoms with Crippen LogP contribution in [-0.4, -0.2) is 39.9 Å². The topological polar surface area (TPSA) is 116 Å². The van der Waals surface area contributed by atoms with Crippen molar-refractivity contribution in [2.24, 2.45) is 0 Å². The van der Waals surface area contributed by atoms with Crippen LogP contribution in [0.3, 0.4) is 0 Å².